The van der Waals surface area contributed by atoms with E-state index in [1.54, 1.807) is 12.1 Å². The summed E-state index contributed by atoms with van der Waals surface area (Å²) < 4.78 is 40.8. The van der Waals surface area contributed by atoms with Crippen LogP contribution in [0, 0.1) is 12.3 Å². The number of benzene rings is 1. The zero-order chi connectivity index (χ0) is 23.7. The zero-order valence-corrected chi connectivity index (χ0v) is 18.9. The number of methoxy groups -OCH3 is 2. The molecule has 0 spiro atoms. The van der Waals surface area contributed by atoms with Gasteiger partial charge in [0.1, 0.15) is 6.61 Å². The van der Waals surface area contributed by atoms with Crippen molar-refractivity contribution in [3.63, 3.8) is 0 Å². The molecule has 9 heteroatoms. The second-order valence-corrected chi connectivity index (χ2v) is 9.05. The van der Waals surface area contributed by atoms with Crippen LogP contribution >= 0.6 is 0 Å². The third kappa shape index (κ3) is 6.52. The van der Waals surface area contributed by atoms with Crippen molar-refractivity contribution in [3.8, 4) is 0 Å². The van der Waals surface area contributed by atoms with Crippen LogP contribution in [0.2, 0.25) is 0 Å². The van der Waals surface area contributed by atoms with Crippen molar-refractivity contribution in [3.05, 3.63) is 54.6 Å². The van der Waals surface area contributed by atoms with Gasteiger partial charge in [-0.25, -0.2) is 8.42 Å². The van der Waals surface area contributed by atoms with Crippen LogP contribution in [0.15, 0.2) is 54.0 Å². The molecule has 0 saturated carbocycles. The Hall–Kier alpha value is -2.94. The summed E-state index contributed by atoms with van der Waals surface area (Å²) in [4.78, 5) is 36.3. The van der Waals surface area contributed by atoms with Crippen molar-refractivity contribution in [2.45, 2.75) is 36.8 Å². The van der Waals surface area contributed by atoms with E-state index in [1.807, 2.05) is 6.92 Å². The fraction of sp³-hybridized carbons (Fsp3) is 0.409. The largest absolute Gasteiger partial charge is 0.468 e. The Morgan fingerprint density at radius 2 is 1.61 bits per heavy atom. The van der Waals surface area contributed by atoms with Gasteiger partial charge in [0.25, 0.3) is 0 Å². The van der Waals surface area contributed by atoms with Gasteiger partial charge < -0.3 is 14.2 Å². The molecule has 0 bridgehead atoms. The molecule has 8 nitrogen and oxygen atoms in total. The number of esters is 3. The summed E-state index contributed by atoms with van der Waals surface area (Å²) >= 11 is 0. The molecule has 1 aromatic carbocycles. The molecule has 0 heterocycles. The molecule has 0 aliphatic rings. The molecular formula is C22H28O8S. The maximum absolute atomic E-state index is 13.2. The Bertz CT molecular complexity index is 913. The Kier molecular flexibility index (Phi) is 9.64. The molecule has 31 heavy (non-hydrogen) atoms. The number of hydrogen-bond donors (Lipinski definition) is 0. The summed E-state index contributed by atoms with van der Waals surface area (Å²) in [7, 11) is -1.76. The van der Waals surface area contributed by atoms with E-state index >= 15 is 0 Å². The molecule has 0 radical (unpaired) electrons. The molecule has 0 amide bonds. The summed E-state index contributed by atoms with van der Waals surface area (Å²) in [5, 5.41) is -1.27. The number of allylic oxidation sites excluding steroid dienone is 1. The standard InChI is InChI=1S/C22H28O8S/c1-6-18(31(26,27)19-11-9-16(2)10-12-19)15-22(20(24)28-4,21(25)29-5)13-7-8-14-30-17(3)23/h6-12,18H,1,13-15H2,2-5H3/b8-7-. The molecule has 1 rings (SSSR count). The van der Waals surface area contributed by atoms with Crippen molar-refractivity contribution in [2.75, 3.05) is 20.8 Å². The van der Waals surface area contributed by atoms with E-state index in [1.165, 1.54) is 37.3 Å². The first-order chi connectivity index (χ1) is 14.5. The van der Waals surface area contributed by atoms with Crippen LogP contribution in [0.5, 0.6) is 0 Å². The summed E-state index contributed by atoms with van der Waals surface area (Å²) in [6.45, 7) is 6.59. The summed E-state index contributed by atoms with van der Waals surface area (Å²) in [6.07, 6.45) is 3.40. The second kappa shape index (κ2) is 11.5. The van der Waals surface area contributed by atoms with Gasteiger partial charge in [-0.3, -0.25) is 14.4 Å². The van der Waals surface area contributed by atoms with Crippen LogP contribution in [0.4, 0.5) is 0 Å². The van der Waals surface area contributed by atoms with Gasteiger partial charge in [0.15, 0.2) is 15.3 Å². The topological polar surface area (TPSA) is 113 Å². The zero-order valence-electron chi connectivity index (χ0n) is 18.1. The van der Waals surface area contributed by atoms with Crippen LogP contribution in [-0.2, 0) is 38.4 Å². The highest BCUT2D eigenvalue weighted by molar-refractivity contribution is 7.92. The molecule has 0 aliphatic heterocycles. The van der Waals surface area contributed by atoms with E-state index in [-0.39, 0.29) is 17.9 Å². The van der Waals surface area contributed by atoms with E-state index in [0.29, 0.717) is 0 Å². The fourth-order valence-electron chi connectivity index (χ4n) is 2.97. The Labute approximate surface area is 182 Å². The maximum Gasteiger partial charge on any atom is 0.323 e. The smallest absolute Gasteiger partial charge is 0.323 e. The Morgan fingerprint density at radius 1 is 1.06 bits per heavy atom. The number of carbonyl (C=O) groups is 3. The molecule has 0 fully saturated rings. The van der Waals surface area contributed by atoms with E-state index in [4.69, 9.17) is 14.2 Å². The van der Waals surface area contributed by atoms with Gasteiger partial charge >= 0.3 is 17.9 Å². The maximum atomic E-state index is 13.2. The predicted molar refractivity (Wildman–Crippen MR) is 114 cm³/mol. The van der Waals surface area contributed by atoms with Crippen molar-refractivity contribution in [2.24, 2.45) is 5.41 Å². The van der Waals surface area contributed by atoms with Crippen molar-refractivity contribution in [1.82, 2.24) is 0 Å². The molecule has 1 aromatic rings. The van der Waals surface area contributed by atoms with E-state index < -0.39 is 44.8 Å². The predicted octanol–water partition coefficient (Wildman–Crippen LogP) is 2.56. The third-order valence-electron chi connectivity index (χ3n) is 4.73. The van der Waals surface area contributed by atoms with Gasteiger partial charge in [-0.05, 0) is 31.9 Å². The number of hydrogen-bond acceptors (Lipinski definition) is 8. The molecule has 0 aromatic heterocycles. The highest BCUT2D eigenvalue weighted by Gasteiger charge is 2.50. The number of sulfone groups is 1. The fourth-order valence-corrected chi connectivity index (χ4v) is 4.60. The van der Waals surface area contributed by atoms with E-state index in [0.717, 1.165) is 19.8 Å². The molecule has 0 saturated heterocycles. The average molecular weight is 453 g/mol. The number of ether oxygens (including phenoxy) is 3. The van der Waals surface area contributed by atoms with Gasteiger partial charge in [-0.1, -0.05) is 35.9 Å². The first kappa shape index (κ1) is 26.1. The minimum Gasteiger partial charge on any atom is -0.468 e. The van der Waals surface area contributed by atoms with E-state index in [9.17, 15) is 22.8 Å². The molecule has 0 aliphatic carbocycles. The first-order valence-electron chi connectivity index (χ1n) is 9.43. The van der Waals surface area contributed by atoms with Crippen LogP contribution in [-0.4, -0.2) is 52.4 Å². The quantitative estimate of drug-likeness (QED) is 0.218. The SMILES string of the molecule is C=CC(CC(C/C=C\COC(C)=O)(C(=O)OC)C(=O)OC)S(=O)(=O)c1ccc(C)cc1. The average Bonchev–Trinajstić information content (AvgIpc) is 2.74. The van der Waals surface area contributed by atoms with E-state index in [2.05, 4.69) is 6.58 Å². The van der Waals surface area contributed by atoms with Crippen LogP contribution in [0.1, 0.15) is 25.3 Å². The van der Waals surface area contributed by atoms with Gasteiger partial charge in [0, 0.05) is 6.92 Å². The third-order valence-corrected chi connectivity index (χ3v) is 6.81. The first-order valence-corrected chi connectivity index (χ1v) is 11.0. The molecule has 0 N–H and O–H groups in total. The number of carbonyl (C=O) groups excluding carboxylic acids is 3. The molecule has 1 atom stereocenters. The molecular weight excluding hydrogens is 424 g/mol. The lowest BCUT2D eigenvalue weighted by molar-refractivity contribution is -0.169. The summed E-state index contributed by atoms with van der Waals surface area (Å²) in [5.41, 5.74) is -1.06. The number of aryl methyl sites for hydroxylation is 1. The number of rotatable bonds is 11. The highest BCUT2D eigenvalue weighted by atomic mass is 32.2. The Balaban J connectivity index is 3.36. The monoisotopic (exact) mass is 452 g/mol. The van der Waals surface area contributed by atoms with Crippen LogP contribution in [0.25, 0.3) is 0 Å². The van der Waals surface area contributed by atoms with Crippen LogP contribution < -0.4 is 0 Å². The van der Waals surface area contributed by atoms with Crippen LogP contribution in [0.3, 0.4) is 0 Å². The minimum atomic E-state index is -3.96. The van der Waals surface area contributed by atoms with Gasteiger partial charge in [-0.2, -0.15) is 0 Å². The normalized spacial score (nSPS) is 12.8. The summed E-state index contributed by atoms with van der Waals surface area (Å²) in [6, 6.07) is 6.22. The second-order valence-electron chi connectivity index (χ2n) is 6.88. The Morgan fingerprint density at radius 3 is 2.06 bits per heavy atom. The highest BCUT2D eigenvalue weighted by Crippen LogP contribution is 2.36. The molecule has 170 valence electrons. The lowest BCUT2D eigenvalue weighted by atomic mass is 9.79. The minimum absolute atomic E-state index is 0.0389. The summed E-state index contributed by atoms with van der Waals surface area (Å²) in [5.74, 6) is -2.38. The lowest BCUT2D eigenvalue weighted by Gasteiger charge is -2.30. The van der Waals surface area contributed by atoms with Gasteiger partial charge in [0.2, 0.25) is 0 Å². The van der Waals surface area contributed by atoms with Gasteiger partial charge in [-0.15, -0.1) is 6.58 Å². The van der Waals surface area contributed by atoms with Gasteiger partial charge in [0.05, 0.1) is 24.4 Å². The molecule has 1 unspecified atom stereocenters. The lowest BCUT2D eigenvalue weighted by Crippen LogP contribution is -2.44. The van der Waals surface area contributed by atoms with Crippen molar-refractivity contribution in [1.29, 1.82) is 0 Å². The van der Waals surface area contributed by atoms with Crippen molar-refractivity contribution >= 4 is 27.7 Å². The van der Waals surface area contributed by atoms with Crippen molar-refractivity contribution < 1.29 is 37.0 Å².